The Labute approximate surface area is 232 Å². The number of para-hydroxylation sites is 1. The number of amides is 3. The van der Waals surface area contributed by atoms with Crippen LogP contribution >= 0.6 is 11.6 Å². The molecule has 3 fully saturated rings. The molecule has 3 amide bonds. The van der Waals surface area contributed by atoms with Crippen LogP contribution in [-0.2, 0) is 19.1 Å². The van der Waals surface area contributed by atoms with Crippen molar-refractivity contribution in [2.75, 3.05) is 30.4 Å². The summed E-state index contributed by atoms with van der Waals surface area (Å²) in [6.45, 7) is 2.84. The molecule has 3 aliphatic heterocycles. The fraction of sp³-hybridized carbons (Fsp3) is 0.483. The number of ether oxygens (including phenoxy) is 2. The molecule has 2 aromatic rings. The lowest BCUT2D eigenvalue weighted by Crippen LogP contribution is -2.53. The van der Waals surface area contributed by atoms with E-state index < -0.39 is 29.6 Å². The summed E-state index contributed by atoms with van der Waals surface area (Å²) in [5, 5.41) is 15.4. The molecule has 0 aromatic heterocycles. The van der Waals surface area contributed by atoms with E-state index in [0.717, 1.165) is 0 Å². The summed E-state index contributed by atoms with van der Waals surface area (Å²) in [6, 6.07) is 13.1. The van der Waals surface area contributed by atoms with Gasteiger partial charge in [-0.15, -0.1) is 0 Å². The first kappa shape index (κ1) is 27.4. The van der Waals surface area contributed by atoms with E-state index >= 15 is 0 Å². The van der Waals surface area contributed by atoms with Crippen molar-refractivity contribution in [3.63, 3.8) is 0 Å². The number of likely N-dealkylation sites (tertiary alicyclic amines) is 1. The van der Waals surface area contributed by atoms with E-state index in [1.54, 1.807) is 53.4 Å². The van der Waals surface area contributed by atoms with Crippen LogP contribution in [0.15, 0.2) is 48.5 Å². The number of carbonyl (C=O) groups excluding carboxylic acids is 3. The summed E-state index contributed by atoms with van der Waals surface area (Å²) in [7, 11) is 0. The Morgan fingerprint density at radius 2 is 1.87 bits per heavy atom. The fourth-order valence-corrected chi connectivity index (χ4v) is 6.54. The average molecular weight is 556 g/mol. The summed E-state index contributed by atoms with van der Waals surface area (Å²) in [5.74, 6) is -1.69. The zero-order valence-electron chi connectivity index (χ0n) is 21.9. The maximum absolute atomic E-state index is 13.9. The molecule has 39 heavy (non-hydrogen) atoms. The number of hydrogen-bond acceptors (Lipinski definition) is 6. The van der Waals surface area contributed by atoms with Gasteiger partial charge in [0.2, 0.25) is 17.7 Å². The predicted molar refractivity (Wildman–Crippen MR) is 147 cm³/mol. The molecule has 208 valence electrons. The SMILES string of the molecule is CCOc1ccc(NC(=O)[C@@H]2[C@@H]3CCC4(O3)C(C(=O)Nc3ccccc3Cl)N(CCCCCO)C(=O)[C@H]24)cc1. The van der Waals surface area contributed by atoms with Crippen molar-refractivity contribution in [2.45, 2.75) is 56.8 Å². The minimum Gasteiger partial charge on any atom is -0.494 e. The van der Waals surface area contributed by atoms with Crippen molar-refractivity contribution in [3.8, 4) is 5.75 Å². The summed E-state index contributed by atoms with van der Waals surface area (Å²) < 4.78 is 11.9. The Morgan fingerprint density at radius 3 is 2.59 bits per heavy atom. The monoisotopic (exact) mass is 555 g/mol. The maximum Gasteiger partial charge on any atom is 0.250 e. The zero-order chi connectivity index (χ0) is 27.6. The summed E-state index contributed by atoms with van der Waals surface area (Å²) in [4.78, 5) is 42.9. The summed E-state index contributed by atoms with van der Waals surface area (Å²) in [5.41, 5.74) is -0.0427. The molecule has 3 heterocycles. The predicted octanol–water partition coefficient (Wildman–Crippen LogP) is 3.85. The number of hydrogen-bond donors (Lipinski definition) is 3. The number of carbonyl (C=O) groups is 3. The van der Waals surface area contributed by atoms with Crippen LogP contribution in [0.4, 0.5) is 11.4 Å². The van der Waals surface area contributed by atoms with Gasteiger partial charge in [0.25, 0.3) is 0 Å². The van der Waals surface area contributed by atoms with Crippen LogP contribution < -0.4 is 15.4 Å². The van der Waals surface area contributed by atoms with Gasteiger partial charge in [-0.1, -0.05) is 23.7 Å². The molecule has 3 aliphatic rings. The number of rotatable bonds is 11. The lowest BCUT2D eigenvalue weighted by atomic mass is 9.70. The summed E-state index contributed by atoms with van der Waals surface area (Å²) in [6.07, 6.45) is 2.58. The highest BCUT2D eigenvalue weighted by atomic mass is 35.5. The molecule has 10 heteroatoms. The molecule has 0 aliphatic carbocycles. The van der Waals surface area contributed by atoms with Crippen LogP contribution in [0.25, 0.3) is 0 Å². The molecular weight excluding hydrogens is 522 g/mol. The van der Waals surface area contributed by atoms with Crippen molar-refractivity contribution in [2.24, 2.45) is 11.8 Å². The first-order chi connectivity index (χ1) is 18.9. The lowest BCUT2D eigenvalue weighted by Gasteiger charge is -2.33. The van der Waals surface area contributed by atoms with E-state index in [-0.39, 0.29) is 24.3 Å². The Morgan fingerprint density at radius 1 is 1.10 bits per heavy atom. The number of aliphatic hydroxyl groups excluding tert-OH is 1. The molecule has 2 bridgehead atoms. The van der Waals surface area contributed by atoms with Gasteiger partial charge >= 0.3 is 0 Å². The van der Waals surface area contributed by atoms with Gasteiger partial charge < -0.3 is 30.1 Å². The number of unbranched alkanes of at least 4 members (excludes halogenated alkanes) is 2. The number of benzene rings is 2. The van der Waals surface area contributed by atoms with E-state index in [1.807, 2.05) is 6.92 Å². The largest absolute Gasteiger partial charge is 0.494 e. The van der Waals surface area contributed by atoms with Gasteiger partial charge in [-0.3, -0.25) is 14.4 Å². The van der Waals surface area contributed by atoms with Crippen molar-refractivity contribution < 1.29 is 29.0 Å². The maximum atomic E-state index is 13.9. The van der Waals surface area contributed by atoms with E-state index in [9.17, 15) is 19.5 Å². The topological polar surface area (TPSA) is 117 Å². The van der Waals surface area contributed by atoms with Crippen molar-refractivity contribution >= 4 is 40.7 Å². The fourth-order valence-electron chi connectivity index (χ4n) is 6.36. The number of anilines is 2. The molecule has 0 radical (unpaired) electrons. The molecule has 5 rings (SSSR count). The molecular formula is C29H34ClN3O6. The second kappa shape index (κ2) is 11.5. The molecule has 3 N–H and O–H groups in total. The average Bonchev–Trinajstić information content (AvgIpc) is 3.56. The zero-order valence-corrected chi connectivity index (χ0v) is 22.7. The van der Waals surface area contributed by atoms with Crippen LogP contribution in [0.2, 0.25) is 5.02 Å². The Hall–Kier alpha value is -3.14. The number of nitrogens with one attached hydrogen (secondary N) is 2. The third kappa shape index (κ3) is 5.11. The second-order valence-corrected chi connectivity index (χ2v) is 10.7. The van der Waals surface area contributed by atoms with E-state index in [0.29, 0.717) is 67.4 Å². The van der Waals surface area contributed by atoms with Gasteiger partial charge in [0.05, 0.1) is 35.3 Å². The van der Waals surface area contributed by atoms with Gasteiger partial charge in [0.15, 0.2) is 0 Å². The Bertz CT molecular complexity index is 1220. The normalized spacial score (nSPS) is 26.9. The highest BCUT2D eigenvalue weighted by Gasteiger charge is 2.74. The van der Waals surface area contributed by atoms with Crippen molar-refractivity contribution in [1.82, 2.24) is 4.90 Å². The second-order valence-electron chi connectivity index (χ2n) is 10.3. The third-order valence-electron chi connectivity index (χ3n) is 7.97. The highest BCUT2D eigenvalue weighted by Crippen LogP contribution is 2.58. The highest BCUT2D eigenvalue weighted by molar-refractivity contribution is 6.33. The Balaban J connectivity index is 1.41. The standard InChI is InChI=1S/C29H34ClN3O6/c1-2-38-19-12-10-18(11-13-19)31-26(35)23-22-14-15-29(39-22)24(23)28(37)33(16-6-3-7-17-34)25(29)27(36)32-21-9-5-4-8-20(21)30/h4-5,8-13,22-25,34H,2-3,6-7,14-17H2,1H3,(H,31,35)(H,32,36)/t22-,23+,24-,25?,29?/m0/s1. The number of aliphatic hydroxyl groups is 1. The number of halogens is 1. The van der Waals surface area contributed by atoms with E-state index in [2.05, 4.69) is 10.6 Å². The molecule has 3 saturated heterocycles. The van der Waals surface area contributed by atoms with Gasteiger partial charge in [0, 0.05) is 18.8 Å². The van der Waals surface area contributed by atoms with Crippen LogP contribution in [0.5, 0.6) is 5.75 Å². The molecule has 1 spiro atoms. The summed E-state index contributed by atoms with van der Waals surface area (Å²) >= 11 is 6.30. The molecule has 2 unspecified atom stereocenters. The van der Waals surface area contributed by atoms with Crippen LogP contribution in [-0.4, -0.2) is 65.2 Å². The van der Waals surface area contributed by atoms with Gasteiger partial charge in [-0.2, -0.15) is 0 Å². The quantitative estimate of drug-likeness (QED) is 0.363. The Kier molecular flexibility index (Phi) is 8.11. The molecule has 9 nitrogen and oxygen atoms in total. The first-order valence-electron chi connectivity index (χ1n) is 13.6. The first-order valence-corrected chi connectivity index (χ1v) is 14.0. The van der Waals surface area contributed by atoms with Gasteiger partial charge in [-0.05, 0) is 75.4 Å². The van der Waals surface area contributed by atoms with E-state index in [1.165, 1.54) is 0 Å². The lowest BCUT2D eigenvalue weighted by molar-refractivity contribution is -0.139. The molecule has 2 aromatic carbocycles. The minimum atomic E-state index is -1.09. The number of fused-ring (bicyclic) bond motifs is 1. The van der Waals surface area contributed by atoms with Gasteiger partial charge in [0.1, 0.15) is 17.4 Å². The smallest absolute Gasteiger partial charge is 0.250 e. The van der Waals surface area contributed by atoms with Gasteiger partial charge in [-0.25, -0.2) is 0 Å². The van der Waals surface area contributed by atoms with Crippen molar-refractivity contribution in [3.05, 3.63) is 53.6 Å². The van der Waals surface area contributed by atoms with Crippen molar-refractivity contribution in [1.29, 1.82) is 0 Å². The van der Waals surface area contributed by atoms with E-state index in [4.69, 9.17) is 21.1 Å². The van der Waals surface area contributed by atoms with Crippen LogP contribution in [0, 0.1) is 11.8 Å². The molecule has 0 saturated carbocycles. The third-order valence-corrected chi connectivity index (χ3v) is 8.30. The molecule has 5 atom stereocenters. The minimum absolute atomic E-state index is 0.0650. The van der Waals surface area contributed by atoms with Crippen LogP contribution in [0.1, 0.15) is 39.0 Å². The number of nitrogens with zero attached hydrogens (tertiary/aromatic N) is 1. The van der Waals surface area contributed by atoms with Crippen LogP contribution in [0.3, 0.4) is 0 Å².